The third-order valence-electron chi connectivity index (χ3n) is 3.86. The van der Waals surface area contributed by atoms with E-state index in [0.717, 1.165) is 16.6 Å². The quantitative estimate of drug-likeness (QED) is 0.720. The average molecular weight is 326 g/mol. The number of hydrogen-bond acceptors (Lipinski definition) is 4. The van der Waals surface area contributed by atoms with Crippen LogP contribution in [0, 0.1) is 13.8 Å². The van der Waals surface area contributed by atoms with Crippen LogP contribution in [0.1, 0.15) is 21.9 Å². The number of aryl methyl sites for hydroxylation is 2. The van der Waals surface area contributed by atoms with Gasteiger partial charge in [-0.25, -0.2) is 4.79 Å². The fourth-order valence-corrected chi connectivity index (χ4v) is 2.52. The topological polar surface area (TPSA) is 89.0 Å². The van der Waals surface area contributed by atoms with Gasteiger partial charge in [-0.2, -0.15) is 5.10 Å². The Morgan fingerprint density at radius 1 is 1.29 bits per heavy atom. The summed E-state index contributed by atoms with van der Waals surface area (Å²) in [4.78, 5) is 27.0. The van der Waals surface area contributed by atoms with Crippen LogP contribution in [0.15, 0.2) is 30.3 Å². The summed E-state index contributed by atoms with van der Waals surface area (Å²) in [6, 6.07) is 9.22. The maximum atomic E-state index is 12.1. The van der Waals surface area contributed by atoms with Crippen LogP contribution in [0.5, 0.6) is 0 Å². The summed E-state index contributed by atoms with van der Waals surface area (Å²) in [7, 11) is 1.80. The maximum absolute atomic E-state index is 12.1. The van der Waals surface area contributed by atoms with Gasteiger partial charge in [-0.1, -0.05) is 18.2 Å². The standard InChI is InChI=1S/C17H18N4O3/c1-10-16(11(2)21(3)20-10)19-15(22)9-24-17(23)14-8-12-6-4-5-7-13(12)18-14/h4-8,18H,9H2,1-3H3,(H,19,22). The van der Waals surface area contributed by atoms with Crippen LogP contribution < -0.4 is 5.32 Å². The molecular weight excluding hydrogens is 308 g/mol. The number of nitrogens with one attached hydrogen (secondary N) is 2. The Morgan fingerprint density at radius 2 is 2.04 bits per heavy atom. The van der Waals surface area contributed by atoms with Crippen molar-refractivity contribution in [3.63, 3.8) is 0 Å². The van der Waals surface area contributed by atoms with E-state index in [4.69, 9.17) is 4.74 Å². The fraction of sp³-hybridized carbons (Fsp3) is 0.235. The van der Waals surface area contributed by atoms with Crippen molar-refractivity contribution < 1.29 is 14.3 Å². The van der Waals surface area contributed by atoms with Gasteiger partial charge in [0, 0.05) is 18.0 Å². The zero-order valence-corrected chi connectivity index (χ0v) is 13.7. The van der Waals surface area contributed by atoms with Crippen molar-refractivity contribution >= 4 is 28.5 Å². The number of fused-ring (bicyclic) bond motifs is 1. The molecule has 0 fully saturated rings. The summed E-state index contributed by atoms with van der Waals surface area (Å²) in [5.74, 6) is -0.973. The van der Waals surface area contributed by atoms with Crippen molar-refractivity contribution in [1.82, 2.24) is 14.8 Å². The molecule has 1 aromatic carbocycles. The molecule has 0 saturated carbocycles. The lowest BCUT2D eigenvalue weighted by molar-refractivity contribution is -0.119. The summed E-state index contributed by atoms with van der Waals surface area (Å²) in [6.45, 7) is 3.30. The Kier molecular flexibility index (Phi) is 4.07. The molecule has 1 amide bonds. The first-order chi connectivity index (χ1) is 11.5. The highest BCUT2D eigenvalue weighted by Gasteiger charge is 2.16. The first-order valence-electron chi connectivity index (χ1n) is 7.50. The monoisotopic (exact) mass is 326 g/mol. The third kappa shape index (κ3) is 3.01. The molecule has 0 aliphatic carbocycles. The summed E-state index contributed by atoms with van der Waals surface area (Å²) < 4.78 is 6.75. The molecule has 7 nitrogen and oxygen atoms in total. The fourth-order valence-electron chi connectivity index (χ4n) is 2.52. The number of carbonyl (C=O) groups is 2. The van der Waals surface area contributed by atoms with Crippen molar-refractivity contribution in [2.24, 2.45) is 7.05 Å². The molecule has 0 atom stereocenters. The van der Waals surface area contributed by atoms with Crippen LogP contribution in [0.4, 0.5) is 5.69 Å². The highest BCUT2D eigenvalue weighted by molar-refractivity contribution is 5.98. The lowest BCUT2D eigenvalue weighted by atomic mass is 10.2. The van der Waals surface area contributed by atoms with Gasteiger partial charge in [0.05, 0.1) is 17.1 Å². The molecular formula is C17H18N4O3. The number of anilines is 1. The van der Waals surface area contributed by atoms with Gasteiger partial charge in [0.1, 0.15) is 5.69 Å². The second kappa shape index (κ2) is 6.19. The molecule has 2 N–H and O–H groups in total. The van der Waals surface area contributed by atoms with E-state index in [1.165, 1.54) is 0 Å². The van der Waals surface area contributed by atoms with E-state index in [-0.39, 0.29) is 6.61 Å². The first kappa shape index (κ1) is 15.8. The van der Waals surface area contributed by atoms with Crippen LogP contribution in [0.2, 0.25) is 0 Å². The SMILES string of the molecule is Cc1nn(C)c(C)c1NC(=O)COC(=O)c1cc2ccccc2[nH]1. The minimum Gasteiger partial charge on any atom is -0.451 e. The molecule has 0 unspecified atom stereocenters. The number of para-hydroxylation sites is 1. The van der Waals surface area contributed by atoms with E-state index in [0.29, 0.717) is 17.1 Å². The van der Waals surface area contributed by atoms with E-state index < -0.39 is 11.9 Å². The van der Waals surface area contributed by atoms with Crippen molar-refractivity contribution in [3.05, 3.63) is 47.4 Å². The number of carbonyl (C=O) groups excluding carboxylic acids is 2. The van der Waals surface area contributed by atoms with Crippen molar-refractivity contribution in [3.8, 4) is 0 Å². The molecule has 0 aliphatic rings. The predicted octanol–water partition coefficient (Wildman–Crippen LogP) is 2.31. The Morgan fingerprint density at radius 3 is 2.71 bits per heavy atom. The number of hydrogen-bond donors (Lipinski definition) is 2. The smallest absolute Gasteiger partial charge is 0.355 e. The minimum atomic E-state index is -0.569. The Balaban J connectivity index is 1.62. The van der Waals surface area contributed by atoms with Crippen LogP contribution >= 0.6 is 0 Å². The van der Waals surface area contributed by atoms with Gasteiger partial charge in [0.2, 0.25) is 0 Å². The first-order valence-corrected chi connectivity index (χ1v) is 7.50. The van der Waals surface area contributed by atoms with E-state index in [1.807, 2.05) is 31.2 Å². The van der Waals surface area contributed by atoms with Gasteiger partial charge < -0.3 is 15.0 Å². The molecule has 0 bridgehead atoms. The average Bonchev–Trinajstić information content (AvgIpc) is 3.09. The van der Waals surface area contributed by atoms with Crippen molar-refractivity contribution in [1.29, 1.82) is 0 Å². The zero-order valence-electron chi connectivity index (χ0n) is 13.7. The highest BCUT2D eigenvalue weighted by Crippen LogP contribution is 2.18. The van der Waals surface area contributed by atoms with E-state index >= 15 is 0 Å². The Hall–Kier alpha value is -3.09. The van der Waals surface area contributed by atoms with E-state index in [9.17, 15) is 9.59 Å². The number of benzene rings is 1. The van der Waals surface area contributed by atoms with Crippen LogP contribution in [-0.2, 0) is 16.6 Å². The predicted molar refractivity (Wildman–Crippen MR) is 89.9 cm³/mol. The van der Waals surface area contributed by atoms with Gasteiger partial charge in [-0.05, 0) is 26.0 Å². The molecule has 7 heteroatoms. The highest BCUT2D eigenvalue weighted by atomic mass is 16.5. The summed E-state index contributed by atoms with van der Waals surface area (Å²) in [5.41, 5.74) is 3.35. The van der Waals surface area contributed by atoms with E-state index in [2.05, 4.69) is 15.4 Å². The molecule has 2 heterocycles. The van der Waals surface area contributed by atoms with Gasteiger partial charge in [-0.15, -0.1) is 0 Å². The molecule has 0 saturated heterocycles. The molecule has 124 valence electrons. The zero-order chi connectivity index (χ0) is 17.3. The van der Waals surface area contributed by atoms with Gasteiger partial charge in [0.25, 0.3) is 5.91 Å². The lowest BCUT2D eigenvalue weighted by Crippen LogP contribution is -2.21. The largest absolute Gasteiger partial charge is 0.451 e. The molecule has 3 rings (SSSR count). The number of aromatic amines is 1. The minimum absolute atomic E-state index is 0.317. The number of rotatable bonds is 4. The summed E-state index contributed by atoms with van der Waals surface area (Å²) in [5, 5.41) is 7.86. The molecule has 2 aromatic heterocycles. The number of aromatic nitrogens is 3. The third-order valence-corrected chi connectivity index (χ3v) is 3.86. The summed E-state index contributed by atoms with van der Waals surface area (Å²) >= 11 is 0. The van der Waals surface area contributed by atoms with Crippen LogP contribution in [-0.4, -0.2) is 33.2 Å². The maximum Gasteiger partial charge on any atom is 0.355 e. The molecule has 3 aromatic rings. The van der Waals surface area contributed by atoms with Crippen molar-refractivity contribution in [2.45, 2.75) is 13.8 Å². The Labute approximate surface area is 138 Å². The summed E-state index contributed by atoms with van der Waals surface area (Å²) in [6.07, 6.45) is 0. The van der Waals surface area contributed by atoms with Gasteiger partial charge >= 0.3 is 5.97 Å². The number of esters is 1. The molecule has 24 heavy (non-hydrogen) atoms. The number of nitrogens with zero attached hydrogens (tertiary/aromatic N) is 2. The number of ether oxygens (including phenoxy) is 1. The molecule has 0 aliphatic heterocycles. The van der Waals surface area contributed by atoms with Gasteiger partial charge in [0.15, 0.2) is 6.61 Å². The molecule has 0 radical (unpaired) electrons. The number of H-pyrrole nitrogens is 1. The van der Waals surface area contributed by atoms with Crippen LogP contribution in [0.25, 0.3) is 10.9 Å². The normalized spacial score (nSPS) is 10.8. The number of amides is 1. The van der Waals surface area contributed by atoms with Crippen LogP contribution in [0.3, 0.4) is 0 Å². The second-order valence-corrected chi connectivity index (χ2v) is 5.56. The van der Waals surface area contributed by atoms with Crippen molar-refractivity contribution in [2.75, 3.05) is 11.9 Å². The van der Waals surface area contributed by atoms with Gasteiger partial charge in [-0.3, -0.25) is 9.48 Å². The second-order valence-electron chi connectivity index (χ2n) is 5.56. The molecule has 0 spiro atoms. The Bertz CT molecular complexity index is 890. The lowest BCUT2D eigenvalue weighted by Gasteiger charge is -2.06. The van der Waals surface area contributed by atoms with E-state index in [1.54, 1.807) is 24.7 Å².